The van der Waals surface area contributed by atoms with Gasteiger partial charge in [-0.05, 0) is 85.9 Å². The van der Waals surface area contributed by atoms with E-state index < -0.39 is 0 Å². The number of allylic oxidation sites excluding steroid dienone is 1. The van der Waals surface area contributed by atoms with Gasteiger partial charge in [0, 0.05) is 32.7 Å². The van der Waals surface area contributed by atoms with Crippen molar-refractivity contribution in [3.63, 3.8) is 0 Å². The Morgan fingerprint density at radius 2 is 1.76 bits per heavy atom. The molecule has 1 aliphatic heterocycles. The Morgan fingerprint density at radius 1 is 1.00 bits per heavy atom. The van der Waals surface area contributed by atoms with E-state index in [1.165, 1.54) is 22.5 Å². The van der Waals surface area contributed by atoms with Gasteiger partial charge in [0.2, 0.25) is 0 Å². The van der Waals surface area contributed by atoms with Crippen molar-refractivity contribution in [3.05, 3.63) is 142 Å². The normalized spacial score (nSPS) is 16.2. The third-order valence-corrected chi connectivity index (χ3v) is 9.66. The Balaban J connectivity index is 1.45. The van der Waals surface area contributed by atoms with E-state index in [9.17, 15) is 4.79 Å². The van der Waals surface area contributed by atoms with Crippen molar-refractivity contribution < 1.29 is 4.74 Å². The number of benzene rings is 3. The Bertz CT molecular complexity index is 2050. The van der Waals surface area contributed by atoms with Crippen LogP contribution in [-0.2, 0) is 6.42 Å². The summed E-state index contributed by atoms with van der Waals surface area (Å²) in [5.74, 6) is 0.776. The van der Waals surface area contributed by atoms with Crippen LogP contribution in [0, 0.1) is 13.8 Å². The molecule has 0 bridgehead atoms. The zero-order valence-corrected chi connectivity index (χ0v) is 25.4. The molecule has 2 aliphatic rings. The molecule has 204 valence electrons. The quantitative estimate of drug-likeness (QED) is 0.230. The summed E-state index contributed by atoms with van der Waals surface area (Å²) in [7, 11) is 1.69. The molecule has 1 atom stereocenters. The number of aromatic nitrogens is 2. The number of nitrogens with zero attached hydrogens (tertiary/aromatic N) is 3. The van der Waals surface area contributed by atoms with Gasteiger partial charge in [-0.25, -0.2) is 4.99 Å². The second-order valence-electron chi connectivity index (χ2n) is 10.5. The molecule has 0 unspecified atom stereocenters. The van der Waals surface area contributed by atoms with Crippen molar-refractivity contribution in [3.8, 4) is 11.4 Å². The molecule has 1 aliphatic carbocycles. The van der Waals surface area contributed by atoms with Gasteiger partial charge in [0.25, 0.3) is 5.56 Å². The lowest BCUT2D eigenvalue weighted by Gasteiger charge is -2.31. The molecule has 0 saturated heterocycles. The topological polar surface area (TPSA) is 48.5 Å². The van der Waals surface area contributed by atoms with Gasteiger partial charge in [-0.2, -0.15) is 0 Å². The van der Waals surface area contributed by atoms with E-state index in [0.29, 0.717) is 9.33 Å². The van der Waals surface area contributed by atoms with E-state index in [1.54, 1.807) is 7.11 Å². The summed E-state index contributed by atoms with van der Waals surface area (Å²) in [6.45, 7) is 4.20. The van der Waals surface area contributed by atoms with Crippen LogP contribution in [0.1, 0.15) is 46.1 Å². The molecule has 0 saturated carbocycles. The number of hydrogen-bond acceptors (Lipinski definition) is 4. The van der Waals surface area contributed by atoms with Gasteiger partial charge >= 0.3 is 0 Å². The molecule has 0 N–H and O–H groups in total. The number of rotatable bonds is 4. The highest BCUT2D eigenvalue weighted by Gasteiger charge is 2.34. The Kier molecular flexibility index (Phi) is 6.44. The van der Waals surface area contributed by atoms with Crippen LogP contribution in [0.5, 0.6) is 5.75 Å². The summed E-state index contributed by atoms with van der Waals surface area (Å²) in [5.41, 5.74) is 9.89. The van der Waals surface area contributed by atoms with Crippen LogP contribution in [0.15, 0.2) is 98.7 Å². The van der Waals surface area contributed by atoms with Gasteiger partial charge < -0.3 is 9.30 Å². The van der Waals surface area contributed by atoms with E-state index >= 15 is 0 Å². The molecule has 41 heavy (non-hydrogen) atoms. The van der Waals surface area contributed by atoms with Gasteiger partial charge in [-0.15, -0.1) is 0 Å². The van der Waals surface area contributed by atoms with E-state index in [-0.39, 0.29) is 11.6 Å². The van der Waals surface area contributed by atoms with Crippen LogP contribution in [0.3, 0.4) is 0 Å². The zero-order chi connectivity index (χ0) is 28.2. The van der Waals surface area contributed by atoms with E-state index in [2.05, 4.69) is 82.9 Å². The fourth-order valence-corrected chi connectivity index (χ4v) is 7.51. The molecular formula is C34H28BrN3O2S. The van der Waals surface area contributed by atoms with Crippen molar-refractivity contribution in [1.82, 2.24) is 9.13 Å². The van der Waals surface area contributed by atoms with Crippen LogP contribution >= 0.6 is 27.3 Å². The number of methoxy groups -OCH3 is 1. The molecular weight excluding hydrogens is 594 g/mol. The Labute approximate surface area is 250 Å². The second kappa shape index (κ2) is 10.2. The summed E-state index contributed by atoms with van der Waals surface area (Å²) in [4.78, 5) is 20.1. The highest BCUT2D eigenvalue weighted by Crippen LogP contribution is 2.43. The highest BCUT2D eigenvalue weighted by molar-refractivity contribution is 9.10. The number of aryl methyl sites for hydroxylation is 2. The fourth-order valence-electron chi connectivity index (χ4n) is 6.25. The van der Waals surface area contributed by atoms with Crippen molar-refractivity contribution >= 4 is 39.0 Å². The second-order valence-corrected chi connectivity index (χ2v) is 12.4. The number of hydrogen-bond donors (Lipinski definition) is 0. The average molecular weight is 623 g/mol. The number of para-hydroxylation sites is 1. The molecule has 3 aromatic carbocycles. The molecule has 0 spiro atoms. The van der Waals surface area contributed by atoms with Gasteiger partial charge in [-0.3, -0.25) is 9.36 Å². The maximum absolute atomic E-state index is 14.2. The molecule has 7 heteroatoms. The first-order valence-corrected chi connectivity index (χ1v) is 15.3. The molecule has 5 aromatic rings. The first-order chi connectivity index (χ1) is 19.9. The van der Waals surface area contributed by atoms with Crippen molar-refractivity contribution in [1.29, 1.82) is 0 Å². The maximum atomic E-state index is 14.2. The van der Waals surface area contributed by atoms with Gasteiger partial charge in [0.1, 0.15) is 5.75 Å². The third kappa shape index (κ3) is 4.26. The standard InChI is InChI=1S/C34H28BrN3O2S/c1-20-18-23(21(2)37(20)25-15-13-24(35)14-16-25)19-30-33(39)38-32(27-10-6-7-11-29(27)40-3)28-17-12-22-8-4-5-9-26(22)31(28)36-34(38)41-30/h4-11,13-16,18-19,32H,12,17H2,1-3H3/b30-19+/t32-/m0/s1. The zero-order valence-electron chi connectivity index (χ0n) is 23.0. The first-order valence-electron chi connectivity index (χ1n) is 13.7. The minimum absolute atomic E-state index is 0.0245. The first kappa shape index (κ1) is 26.0. The third-order valence-electron chi connectivity index (χ3n) is 8.15. The van der Waals surface area contributed by atoms with E-state index in [1.807, 2.05) is 41.0 Å². The summed E-state index contributed by atoms with van der Waals surface area (Å²) >= 11 is 4.99. The fraction of sp³-hybridized carbons (Fsp3) is 0.176. The van der Waals surface area contributed by atoms with Gasteiger partial charge in [-0.1, -0.05) is 69.7 Å². The molecule has 0 amide bonds. The summed E-state index contributed by atoms with van der Waals surface area (Å²) < 4.78 is 11.6. The largest absolute Gasteiger partial charge is 0.496 e. The predicted octanol–water partition coefficient (Wildman–Crippen LogP) is 6.50. The number of fused-ring (bicyclic) bond motifs is 3. The van der Waals surface area contributed by atoms with Gasteiger partial charge in [0.05, 0.1) is 23.4 Å². The molecule has 7 rings (SSSR count). The number of thiazole rings is 1. The van der Waals surface area contributed by atoms with Crippen molar-refractivity contribution in [2.24, 2.45) is 4.99 Å². The average Bonchev–Trinajstić information content (AvgIpc) is 3.45. The molecule has 3 heterocycles. The number of ether oxygens (including phenoxy) is 1. The lowest BCUT2D eigenvalue weighted by molar-refractivity contribution is 0.402. The summed E-state index contributed by atoms with van der Waals surface area (Å²) in [5, 5.41) is 0. The lowest BCUT2D eigenvalue weighted by atomic mass is 9.83. The highest BCUT2D eigenvalue weighted by atomic mass is 79.9. The molecule has 0 radical (unpaired) electrons. The van der Waals surface area contributed by atoms with Gasteiger partial charge in [0.15, 0.2) is 4.80 Å². The predicted molar refractivity (Wildman–Crippen MR) is 169 cm³/mol. The van der Waals surface area contributed by atoms with Crippen LogP contribution in [0.4, 0.5) is 0 Å². The van der Waals surface area contributed by atoms with Crippen LogP contribution < -0.4 is 19.6 Å². The molecule has 2 aromatic heterocycles. The van der Waals surface area contributed by atoms with E-state index in [4.69, 9.17) is 9.73 Å². The summed E-state index contributed by atoms with van der Waals surface area (Å²) in [6.07, 6.45) is 3.79. The van der Waals surface area contributed by atoms with Crippen LogP contribution in [-0.4, -0.2) is 16.2 Å². The Morgan fingerprint density at radius 3 is 2.56 bits per heavy atom. The SMILES string of the molecule is COc1ccccc1[C@H]1C2=C(N=c3s/c(=C/c4cc(C)n(-c5ccc(Br)cc5)c4C)c(=O)n31)c1ccccc1CC2. The lowest BCUT2D eigenvalue weighted by Crippen LogP contribution is -2.39. The minimum atomic E-state index is -0.275. The van der Waals surface area contributed by atoms with Crippen LogP contribution in [0.2, 0.25) is 0 Å². The van der Waals surface area contributed by atoms with Crippen LogP contribution in [0.25, 0.3) is 17.5 Å². The maximum Gasteiger partial charge on any atom is 0.271 e. The molecule has 5 nitrogen and oxygen atoms in total. The number of halogens is 1. The monoisotopic (exact) mass is 621 g/mol. The van der Waals surface area contributed by atoms with E-state index in [0.717, 1.165) is 62.5 Å². The van der Waals surface area contributed by atoms with Crippen molar-refractivity contribution in [2.45, 2.75) is 32.7 Å². The smallest absolute Gasteiger partial charge is 0.271 e. The molecule has 0 fully saturated rings. The van der Waals surface area contributed by atoms with Crippen molar-refractivity contribution in [2.75, 3.05) is 7.11 Å². The Hall–Kier alpha value is -3.94. The summed E-state index contributed by atoms with van der Waals surface area (Å²) in [6, 6.07) is 26.7. The minimum Gasteiger partial charge on any atom is -0.496 e.